The molecule has 2 saturated heterocycles. The summed E-state index contributed by atoms with van der Waals surface area (Å²) in [5.41, 5.74) is 12.9. The normalized spacial score (nSPS) is 23.8. The molecule has 0 bridgehead atoms. The lowest BCUT2D eigenvalue weighted by Gasteiger charge is -2.32. The van der Waals surface area contributed by atoms with Gasteiger partial charge in [0.15, 0.2) is 0 Å². The van der Waals surface area contributed by atoms with E-state index in [-0.39, 0.29) is 26.3 Å². The highest BCUT2D eigenvalue weighted by Gasteiger charge is 2.30. The van der Waals surface area contributed by atoms with Crippen molar-refractivity contribution >= 4 is 12.2 Å². The molecule has 2 aromatic rings. The van der Waals surface area contributed by atoms with Crippen LogP contribution in [0.15, 0.2) is 60.7 Å². The van der Waals surface area contributed by atoms with Crippen molar-refractivity contribution in [2.24, 2.45) is 11.5 Å². The van der Waals surface area contributed by atoms with Gasteiger partial charge in [0, 0.05) is 25.2 Å². The van der Waals surface area contributed by atoms with Crippen LogP contribution < -0.4 is 11.5 Å². The summed E-state index contributed by atoms with van der Waals surface area (Å²) in [5.74, 6) is 0. The summed E-state index contributed by atoms with van der Waals surface area (Å²) < 4.78 is 37.0. The topological polar surface area (TPSA) is 111 Å². The summed E-state index contributed by atoms with van der Waals surface area (Å²) >= 11 is 0. The SMILES string of the molecule is N[C@@H]1CCN(C(=O)OCc2ccccc2)C[C@@H]1F.N[C@H]1CCN(C(=O)OCc2ccccc2)C[C@H]1F. The van der Waals surface area contributed by atoms with E-state index >= 15 is 0 Å². The van der Waals surface area contributed by atoms with Gasteiger partial charge in [-0.1, -0.05) is 60.7 Å². The van der Waals surface area contributed by atoms with E-state index in [0.29, 0.717) is 25.9 Å². The van der Waals surface area contributed by atoms with Gasteiger partial charge in [0.1, 0.15) is 25.6 Å². The van der Waals surface area contributed by atoms with Crippen molar-refractivity contribution in [3.8, 4) is 0 Å². The minimum absolute atomic E-state index is 0.0226. The Hall–Kier alpha value is -3.24. The first-order valence-corrected chi connectivity index (χ1v) is 12.0. The quantitative estimate of drug-likeness (QED) is 0.660. The second-order valence-corrected chi connectivity index (χ2v) is 8.91. The first kappa shape index (κ1) is 27.3. The van der Waals surface area contributed by atoms with Gasteiger partial charge in [-0.25, -0.2) is 18.4 Å². The lowest BCUT2D eigenvalue weighted by atomic mass is 10.1. The third-order valence-electron chi connectivity index (χ3n) is 6.11. The van der Waals surface area contributed by atoms with Crippen molar-refractivity contribution in [1.82, 2.24) is 9.80 Å². The van der Waals surface area contributed by atoms with E-state index in [2.05, 4.69) is 0 Å². The maximum absolute atomic E-state index is 13.4. The van der Waals surface area contributed by atoms with Crippen LogP contribution in [-0.4, -0.2) is 72.6 Å². The molecule has 10 heteroatoms. The fourth-order valence-electron chi connectivity index (χ4n) is 3.80. The van der Waals surface area contributed by atoms with Crippen LogP contribution in [0.4, 0.5) is 18.4 Å². The van der Waals surface area contributed by atoms with E-state index in [4.69, 9.17) is 20.9 Å². The van der Waals surface area contributed by atoms with Crippen LogP contribution in [0.2, 0.25) is 0 Å². The largest absolute Gasteiger partial charge is 0.445 e. The number of rotatable bonds is 4. The second-order valence-electron chi connectivity index (χ2n) is 8.91. The summed E-state index contributed by atoms with van der Waals surface area (Å²) in [5, 5.41) is 0. The molecule has 0 spiro atoms. The first-order chi connectivity index (χ1) is 17.3. The van der Waals surface area contributed by atoms with Gasteiger partial charge in [-0.3, -0.25) is 0 Å². The summed E-state index contributed by atoms with van der Waals surface area (Å²) in [4.78, 5) is 26.2. The number of hydrogen-bond acceptors (Lipinski definition) is 6. The lowest BCUT2D eigenvalue weighted by molar-refractivity contribution is 0.0657. The van der Waals surface area contributed by atoms with Gasteiger partial charge in [0.25, 0.3) is 0 Å². The van der Waals surface area contributed by atoms with Crippen molar-refractivity contribution in [3.05, 3.63) is 71.8 Å². The van der Waals surface area contributed by atoms with Crippen LogP contribution in [0.1, 0.15) is 24.0 Å². The number of carbonyl (C=O) groups is 2. The van der Waals surface area contributed by atoms with Crippen LogP contribution in [-0.2, 0) is 22.7 Å². The summed E-state index contributed by atoms with van der Waals surface area (Å²) in [6, 6.07) is 17.8. The monoisotopic (exact) mass is 504 g/mol. The zero-order chi connectivity index (χ0) is 25.9. The fourth-order valence-corrected chi connectivity index (χ4v) is 3.80. The Morgan fingerprint density at radius 1 is 0.722 bits per heavy atom. The van der Waals surface area contributed by atoms with E-state index in [9.17, 15) is 18.4 Å². The minimum atomic E-state index is -1.16. The molecule has 2 aliphatic heterocycles. The maximum Gasteiger partial charge on any atom is 0.410 e. The fraction of sp³-hybridized carbons (Fsp3) is 0.462. The number of halogens is 2. The molecule has 2 amide bonds. The molecular formula is C26H34F2N4O4. The van der Waals surface area contributed by atoms with E-state index in [0.717, 1.165) is 11.1 Å². The predicted octanol–water partition coefficient (Wildman–Crippen LogP) is 3.39. The first-order valence-electron chi connectivity index (χ1n) is 12.0. The van der Waals surface area contributed by atoms with Crippen LogP contribution in [0.25, 0.3) is 0 Å². The van der Waals surface area contributed by atoms with Crippen molar-refractivity contribution in [2.45, 2.75) is 50.5 Å². The van der Waals surface area contributed by atoms with E-state index < -0.39 is 36.6 Å². The molecule has 4 atom stereocenters. The Morgan fingerprint density at radius 2 is 1.08 bits per heavy atom. The summed E-state index contributed by atoms with van der Waals surface area (Å²) in [6.07, 6.45) is -2.34. The standard InChI is InChI=1S/2C13H17FN2O2/c2*14-11-8-16(7-6-12(11)15)13(17)18-9-10-4-2-1-3-5-10/h2*1-5,11-12H,6-9,15H2/t2*11-,12+/m10/s1. The number of amides is 2. The number of benzene rings is 2. The minimum Gasteiger partial charge on any atom is -0.445 e. The van der Waals surface area contributed by atoms with E-state index in [1.807, 2.05) is 60.7 Å². The second kappa shape index (κ2) is 13.7. The Morgan fingerprint density at radius 3 is 1.42 bits per heavy atom. The zero-order valence-corrected chi connectivity index (χ0v) is 20.2. The molecule has 4 N–H and O–H groups in total. The number of carbonyl (C=O) groups excluding carboxylic acids is 2. The number of piperidine rings is 2. The molecule has 0 unspecified atom stereocenters. The van der Waals surface area contributed by atoms with Gasteiger partial charge in [-0.05, 0) is 24.0 Å². The van der Waals surface area contributed by atoms with Crippen LogP contribution in [0.5, 0.6) is 0 Å². The van der Waals surface area contributed by atoms with Gasteiger partial charge < -0.3 is 30.7 Å². The van der Waals surface area contributed by atoms with Gasteiger partial charge in [-0.2, -0.15) is 0 Å². The van der Waals surface area contributed by atoms with Crippen molar-refractivity contribution < 1.29 is 27.8 Å². The molecule has 2 aromatic carbocycles. The van der Waals surface area contributed by atoms with Gasteiger partial charge in [0.05, 0.1) is 13.1 Å². The number of likely N-dealkylation sites (tertiary alicyclic amines) is 2. The number of nitrogens with zero attached hydrogens (tertiary/aromatic N) is 2. The number of ether oxygens (including phenoxy) is 2. The highest BCUT2D eigenvalue weighted by Crippen LogP contribution is 2.15. The van der Waals surface area contributed by atoms with Crippen molar-refractivity contribution in [2.75, 3.05) is 26.2 Å². The molecule has 0 aliphatic carbocycles. The highest BCUT2D eigenvalue weighted by molar-refractivity contribution is 5.68. The highest BCUT2D eigenvalue weighted by atomic mass is 19.1. The molecule has 196 valence electrons. The molecule has 2 heterocycles. The number of hydrogen-bond donors (Lipinski definition) is 2. The zero-order valence-electron chi connectivity index (χ0n) is 20.2. The van der Waals surface area contributed by atoms with E-state index in [1.165, 1.54) is 9.80 Å². The molecule has 0 saturated carbocycles. The number of nitrogens with two attached hydrogens (primary N) is 2. The van der Waals surface area contributed by atoms with E-state index in [1.54, 1.807) is 0 Å². The Kier molecular flexibility index (Phi) is 10.4. The molecule has 8 nitrogen and oxygen atoms in total. The molecular weight excluding hydrogens is 470 g/mol. The average Bonchev–Trinajstić information content (AvgIpc) is 2.90. The molecule has 0 aromatic heterocycles. The molecule has 2 fully saturated rings. The molecule has 36 heavy (non-hydrogen) atoms. The van der Waals surface area contributed by atoms with Gasteiger partial charge >= 0.3 is 12.2 Å². The Labute approximate surface area is 210 Å². The van der Waals surface area contributed by atoms with Crippen LogP contribution in [0.3, 0.4) is 0 Å². The van der Waals surface area contributed by atoms with Crippen molar-refractivity contribution in [3.63, 3.8) is 0 Å². The van der Waals surface area contributed by atoms with Gasteiger partial charge in [0.2, 0.25) is 0 Å². The van der Waals surface area contributed by atoms with Crippen molar-refractivity contribution in [1.29, 1.82) is 0 Å². The number of alkyl halides is 2. The third kappa shape index (κ3) is 8.46. The summed E-state index contributed by atoms with van der Waals surface area (Å²) in [7, 11) is 0. The predicted molar refractivity (Wildman–Crippen MR) is 131 cm³/mol. The summed E-state index contributed by atoms with van der Waals surface area (Å²) in [6.45, 7) is 1.37. The molecule has 0 radical (unpaired) electrons. The average molecular weight is 505 g/mol. The molecule has 4 rings (SSSR count). The smallest absolute Gasteiger partial charge is 0.410 e. The molecule has 2 aliphatic rings. The Bertz CT molecular complexity index is 876. The Balaban J connectivity index is 0.000000201. The third-order valence-corrected chi connectivity index (χ3v) is 6.11. The lowest BCUT2D eigenvalue weighted by Crippen LogP contribution is -2.50. The van der Waals surface area contributed by atoms with Crippen LogP contribution >= 0.6 is 0 Å². The van der Waals surface area contributed by atoms with Crippen LogP contribution in [0, 0.1) is 0 Å². The van der Waals surface area contributed by atoms with Gasteiger partial charge in [-0.15, -0.1) is 0 Å². The maximum atomic E-state index is 13.4.